The normalized spacial score (nSPS) is 13.1. The van der Waals surface area contributed by atoms with Gasteiger partial charge in [0.05, 0.1) is 18.8 Å². The zero-order chi connectivity index (χ0) is 25.0. The number of benzene rings is 1. The number of carbonyl (C=O) groups is 1. The number of unbranched alkanes of at least 4 members (excludes halogenated alkanes) is 9. The van der Waals surface area contributed by atoms with Gasteiger partial charge in [0.1, 0.15) is 0 Å². The topological polar surface area (TPSA) is 78.6 Å². The van der Waals surface area contributed by atoms with E-state index in [-0.39, 0.29) is 5.63 Å². The molecule has 4 rings (SSSR count). The van der Waals surface area contributed by atoms with Gasteiger partial charge in [0, 0.05) is 11.5 Å². The highest BCUT2D eigenvalue weighted by molar-refractivity contribution is 5.79. The number of pyridine rings is 1. The quantitative estimate of drug-likeness (QED) is 0.147. The Kier molecular flexibility index (Phi) is 9.95. The number of nitrogens with zero attached hydrogens (tertiary/aromatic N) is 1. The predicted molar refractivity (Wildman–Crippen MR) is 141 cm³/mol. The van der Waals surface area contributed by atoms with Crippen LogP contribution in [0, 0.1) is 0 Å². The summed E-state index contributed by atoms with van der Waals surface area (Å²) >= 11 is 0. The third-order valence-electron chi connectivity index (χ3n) is 6.79. The highest BCUT2D eigenvalue weighted by atomic mass is 16.5. The Morgan fingerprint density at radius 2 is 1.56 bits per heavy atom. The van der Waals surface area contributed by atoms with Crippen LogP contribution in [0.5, 0.6) is 5.88 Å². The van der Waals surface area contributed by atoms with Crippen molar-refractivity contribution < 1.29 is 18.7 Å². The van der Waals surface area contributed by atoms with Gasteiger partial charge in [-0.15, -0.1) is 0 Å². The predicted octanol–water partition coefficient (Wildman–Crippen LogP) is 7.19. The molecule has 6 heteroatoms. The summed E-state index contributed by atoms with van der Waals surface area (Å²) in [7, 11) is 0. The number of fused-ring (bicyclic) bond motifs is 1. The van der Waals surface area contributed by atoms with Crippen molar-refractivity contribution in [2.45, 2.75) is 83.0 Å². The van der Waals surface area contributed by atoms with Gasteiger partial charge in [-0.3, -0.25) is 4.79 Å². The van der Waals surface area contributed by atoms with Crippen LogP contribution < -0.4 is 10.4 Å². The lowest BCUT2D eigenvalue weighted by Crippen LogP contribution is -2.05. The summed E-state index contributed by atoms with van der Waals surface area (Å²) in [4.78, 5) is 27.2. The first-order valence-electron chi connectivity index (χ1n) is 13.5. The molecule has 0 atom stereocenters. The number of ether oxygens (including phenoxy) is 2. The fourth-order valence-electron chi connectivity index (χ4n) is 4.57. The first kappa shape index (κ1) is 25.9. The Hall–Kier alpha value is -3.15. The van der Waals surface area contributed by atoms with Gasteiger partial charge in [-0.1, -0.05) is 75.6 Å². The third-order valence-corrected chi connectivity index (χ3v) is 6.79. The lowest BCUT2D eigenvalue weighted by molar-refractivity contribution is -0.128. The van der Waals surface area contributed by atoms with Gasteiger partial charge in [-0.2, -0.15) is 4.98 Å². The van der Waals surface area contributed by atoms with Gasteiger partial charge >= 0.3 is 5.63 Å². The fraction of sp³-hybridized carbons (Fsp3) is 0.500. The monoisotopic (exact) mass is 491 g/mol. The zero-order valence-electron chi connectivity index (χ0n) is 21.1. The van der Waals surface area contributed by atoms with E-state index in [1.165, 1.54) is 56.9 Å². The van der Waals surface area contributed by atoms with Crippen LogP contribution in [0.4, 0.5) is 0 Å². The molecule has 0 amide bonds. The molecule has 1 aliphatic carbocycles. The highest BCUT2D eigenvalue weighted by Crippen LogP contribution is 2.41. The minimum atomic E-state index is -0.369. The van der Waals surface area contributed by atoms with E-state index in [1.807, 2.05) is 30.3 Å². The summed E-state index contributed by atoms with van der Waals surface area (Å²) in [6, 6.07) is 13.8. The zero-order valence-corrected chi connectivity index (χ0v) is 21.1. The maximum Gasteiger partial charge on any atom is 0.345 e. The van der Waals surface area contributed by atoms with Crippen molar-refractivity contribution in [2.75, 3.05) is 13.2 Å². The van der Waals surface area contributed by atoms with Crippen molar-refractivity contribution >= 4 is 17.6 Å². The Balaban J connectivity index is 1.15. The van der Waals surface area contributed by atoms with Crippen LogP contribution in [0.2, 0.25) is 0 Å². The number of carbonyl (C=O) groups excluding carboxylic acids is 1. The molecule has 0 aliphatic heterocycles. The van der Waals surface area contributed by atoms with Crippen molar-refractivity contribution in [3.63, 3.8) is 0 Å². The van der Waals surface area contributed by atoms with Gasteiger partial charge in [-0.05, 0) is 54.9 Å². The molecule has 0 N–H and O–H groups in total. The molecule has 0 radical (unpaired) electrons. The van der Waals surface area contributed by atoms with Crippen LogP contribution in [-0.4, -0.2) is 24.7 Å². The number of rotatable bonds is 17. The first-order valence-corrected chi connectivity index (χ1v) is 13.5. The van der Waals surface area contributed by atoms with Gasteiger partial charge < -0.3 is 13.9 Å². The lowest BCUT2D eigenvalue weighted by atomic mass is 10.0. The van der Waals surface area contributed by atoms with Crippen LogP contribution in [0.15, 0.2) is 51.7 Å². The third kappa shape index (κ3) is 7.94. The molecule has 1 saturated carbocycles. The molecule has 1 aromatic carbocycles. The molecule has 1 fully saturated rings. The Bertz CT molecular complexity index is 1170. The summed E-state index contributed by atoms with van der Waals surface area (Å²) < 4.78 is 16.1. The van der Waals surface area contributed by atoms with Crippen LogP contribution in [0.25, 0.3) is 22.2 Å². The van der Waals surface area contributed by atoms with E-state index < -0.39 is 0 Å². The Morgan fingerprint density at radius 3 is 2.25 bits per heavy atom. The average Bonchev–Trinajstić information content (AvgIpc) is 3.74. The maximum atomic E-state index is 12.7. The largest absolute Gasteiger partial charge is 0.478 e. The van der Waals surface area contributed by atoms with Crippen molar-refractivity contribution in [1.29, 1.82) is 0 Å². The minimum absolute atomic E-state index is 0.316. The Morgan fingerprint density at radius 1 is 0.861 bits per heavy atom. The molecule has 2 aromatic heterocycles. The van der Waals surface area contributed by atoms with Crippen LogP contribution >= 0.6 is 0 Å². The standard InChI is InChI=1S/C30H37NO5/c32-22-34-18-9-7-5-3-1-2-4-6-8-10-19-35-28-17-16-26-21-27(30(33)36-29(26)31-28)25-13-11-12-24(20-25)23-14-15-23/h11-13,16-17,20-23H,1-10,14-15,18-19H2. The number of aromatic nitrogens is 1. The molecule has 3 aromatic rings. The molecule has 0 saturated heterocycles. The fourth-order valence-corrected chi connectivity index (χ4v) is 4.57. The summed E-state index contributed by atoms with van der Waals surface area (Å²) in [5.41, 5.74) is 2.72. The van der Waals surface area contributed by atoms with Gasteiger partial charge in [0.15, 0.2) is 0 Å². The van der Waals surface area contributed by atoms with Crippen LogP contribution in [0.3, 0.4) is 0 Å². The van der Waals surface area contributed by atoms with Crippen LogP contribution in [0.1, 0.15) is 88.5 Å². The number of hydrogen-bond acceptors (Lipinski definition) is 6. The van der Waals surface area contributed by atoms with Crippen molar-refractivity contribution in [2.24, 2.45) is 0 Å². The van der Waals surface area contributed by atoms with E-state index in [1.54, 1.807) is 0 Å². The van der Waals surface area contributed by atoms with Crippen molar-refractivity contribution in [3.8, 4) is 17.0 Å². The molecule has 1 aliphatic rings. The van der Waals surface area contributed by atoms with E-state index in [0.717, 1.165) is 36.6 Å². The van der Waals surface area contributed by atoms with Gasteiger partial charge in [0.2, 0.25) is 11.6 Å². The second-order valence-corrected chi connectivity index (χ2v) is 9.74. The first-order chi connectivity index (χ1) is 17.7. The summed E-state index contributed by atoms with van der Waals surface area (Å²) in [6.07, 6.45) is 14.1. The Labute approximate surface area is 213 Å². The van der Waals surface area contributed by atoms with Crippen molar-refractivity contribution in [3.05, 3.63) is 58.4 Å². The molecule has 0 unspecified atom stereocenters. The SMILES string of the molecule is O=COCCCCCCCCCCCCOc1ccc2cc(-c3cccc(C4CC4)c3)c(=O)oc2n1. The minimum Gasteiger partial charge on any atom is -0.478 e. The van der Waals surface area contributed by atoms with Gasteiger partial charge in [-0.25, -0.2) is 4.79 Å². The highest BCUT2D eigenvalue weighted by Gasteiger charge is 2.23. The smallest absolute Gasteiger partial charge is 0.345 e. The molecule has 36 heavy (non-hydrogen) atoms. The average molecular weight is 492 g/mol. The second kappa shape index (κ2) is 13.8. The molecule has 0 bridgehead atoms. The summed E-state index contributed by atoms with van der Waals surface area (Å²) in [5.74, 6) is 1.13. The van der Waals surface area contributed by atoms with Crippen LogP contribution in [-0.2, 0) is 9.53 Å². The molecule has 192 valence electrons. The molecule has 0 spiro atoms. The van der Waals surface area contributed by atoms with E-state index in [2.05, 4.69) is 17.1 Å². The molecule has 6 nitrogen and oxygen atoms in total. The lowest BCUT2D eigenvalue weighted by Gasteiger charge is -2.07. The summed E-state index contributed by atoms with van der Waals surface area (Å²) in [5, 5.41) is 0.795. The van der Waals surface area contributed by atoms with E-state index >= 15 is 0 Å². The molecule has 2 heterocycles. The number of hydrogen-bond donors (Lipinski definition) is 0. The summed E-state index contributed by atoms with van der Waals surface area (Å²) in [6.45, 7) is 1.68. The maximum absolute atomic E-state index is 12.7. The van der Waals surface area contributed by atoms with E-state index in [9.17, 15) is 9.59 Å². The molecular formula is C30H37NO5. The van der Waals surface area contributed by atoms with Crippen molar-refractivity contribution in [1.82, 2.24) is 4.98 Å². The van der Waals surface area contributed by atoms with E-state index in [4.69, 9.17) is 13.9 Å². The van der Waals surface area contributed by atoms with Gasteiger partial charge in [0.25, 0.3) is 6.47 Å². The second-order valence-electron chi connectivity index (χ2n) is 9.74. The molecular weight excluding hydrogens is 454 g/mol. The van der Waals surface area contributed by atoms with E-state index in [0.29, 0.717) is 42.8 Å².